The van der Waals surface area contributed by atoms with Crippen LogP contribution >= 0.6 is 11.6 Å². The second-order valence-electron chi connectivity index (χ2n) is 8.44. The lowest BCUT2D eigenvalue weighted by Crippen LogP contribution is -2.05. The van der Waals surface area contributed by atoms with E-state index in [0.717, 1.165) is 50.3 Å². The van der Waals surface area contributed by atoms with Crippen molar-refractivity contribution in [3.05, 3.63) is 120 Å². The maximum absolute atomic E-state index is 11.0. The number of nitrogens with one attached hydrogen (secondary N) is 1. The summed E-state index contributed by atoms with van der Waals surface area (Å²) < 4.78 is 2.09. The van der Waals surface area contributed by atoms with E-state index in [1.54, 1.807) is 6.07 Å². The summed E-state index contributed by atoms with van der Waals surface area (Å²) in [6, 6.07) is 35.7. The maximum atomic E-state index is 11.0. The average molecular weight is 476 g/mol. The van der Waals surface area contributed by atoms with Crippen LogP contribution in [0.3, 0.4) is 0 Å². The molecule has 0 bridgehead atoms. The molecule has 0 spiro atoms. The number of phenols is 1. The van der Waals surface area contributed by atoms with Gasteiger partial charge in [0, 0.05) is 22.7 Å². The molecule has 0 atom stereocenters. The molecule has 5 heteroatoms. The van der Waals surface area contributed by atoms with Crippen molar-refractivity contribution in [1.82, 2.24) is 9.38 Å². The van der Waals surface area contributed by atoms with E-state index in [9.17, 15) is 5.11 Å². The first-order valence-electron chi connectivity index (χ1n) is 11.5. The first-order valence-corrected chi connectivity index (χ1v) is 11.8. The molecule has 4 aromatic carbocycles. The topological polar surface area (TPSA) is 49.6 Å². The number of hydrogen-bond acceptors (Lipinski definition) is 3. The van der Waals surface area contributed by atoms with Crippen molar-refractivity contribution in [2.24, 2.45) is 0 Å². The monoisotopic (exact) mass is 475 g/mol. The van der Waals surface area contributed by atoms with Crippen LogP contribution in [0.2, 0.25) is 5.02 Å². The van der Waals surface area contributed by atoms with Gasteiger partial charge in [0.2, 0.25) is 0 Å². The standard InChI is InChI=1S/C30H22ClN3O/c31-23-16-13-22(14-17-23)29-30(32-19-20-7-2-1-3-8-20)34-25(11-6-12-27(34)33-29)28-24-10-5-4-9-21(24)15-18-26(28)35/h1-18,32,35H,19H2. The molecular formula is C30H22ClN3O. The lowest BCUT2D eigenvalue weighted by Gasteiger charge is -2.15. The molecule has 2 heterocycles. The molecule has 2 aromatic heterocycles. The van der Waals surface area contributed by atoms with Crippen LogP contribution < -0.4 is 5.32 Å². The Kier molecular flexibility index (Phi) is 5.36. The van der Waals surface area contributed by atoms with Crippen molar-refractivity contribution >= 4 is 33.8 Å². The molecule has 0 aliphatic rings. The number of anilines is 1. The highest BCUT2D eigenvalue weighted by Crippen LogP contribution is 2.40. The Balaban J connectivity index is 1.61. The molecule has 0 saturated heterocycles. The normalized spacial score (nSPS) is 11.2. The first-order chi connectivity index (χ1) is 17.2. The molecule has 2 N–H and O–H groups in total. The van der Waals surface area contributed by atoms with Crippen molar-refractivity contribution < 1.29 is 5.11 Å². The van der Waals surface area contributed by atoms with Gasteiger partial charge in [0.05, 0.1) is 5.69 Å². The van der Waals surface area contributed by atoms with Gasteiger partial charge < -0.3 is 10.4 Å². The highest BCUT2D eigenvalue weighted by Gasteiger charge is 2.20. The summed E-state index contributed by atoms with van der Waals surface area (Å²) in [6.45, 7) is 0.630. The second kappa shape index (κ2) is 8.82. The van der Waals surface area contributed by atoms with E-state index in [-0.39, 0.29) is 5.75 Å². The summed E-state index contributed by atoms with van der Waals surface area (Å²) in [6.07, 6.45) is 0. The number of imidazole rings is 1. The van der Waals surface area contributed by atoms with Crippen LogP contribution in [0.5, 0.6) is 5.75 Å². The summed E-state index contributed by atoms with van der Waals surface area (Å²) >= 11 is 6.17. The van der Waals surface area contributed by atoms with E-state index < -0.39 is 0 Å². The highest BCUT2D eigenvalue weighted by atomic mass is 35.5. The van der Waals surface area contributed by atoms with Gasteiger partial charge in [0.1, 0.15) is 22.9 Å². The minimum Gasteiger partial charge on any atom is -0.507 e. The average Bonchev–Trinajstić information content (AvgIpc) is 3.27. The van der Waals surface area contributed by atoms with Crippen LogP contribution in [0.4, 0.5) is 5.82 Å². The Labute approximate surface area is 208 Å². The molecule has 0 unspecified atom stereocenters. The van der Waals surface area contributed by atoms with Crippen LogP contribution in [0.15, 0.2) is 109 Å². The van der Waals surface area contributed by atoms with Crippen molar-refractivity contribution in [3.63, 3.8) is 0 Å². The maximum Gasteiger partial charge on any atom is 0.139 e. The zero-order chi connectivity index (χ0) is 23.8. The number of aromatic nitrogens is 2. The number of halogens is 1. The van der Waals surface area contributed by atoms with Gasteiger partial charge in [-0.3, -0.25) is 4.40 Å². The lowest BCUT2D eigenvalue weighted by molar-refractivity contribution is 0.478. The Morgan fingerprint density at radius 2 is 1.54 bits per heavy atom. The minimum atomic E-state index is 0.229. The van der Waals surface area contributed by atoms with Crippen LogP contribution in [-0.4, -0.2) is 14.5 Å². The smallest absolute Gasteiger partial charge is 0.139 e. The summed E-state index contributed by atoms with van der Waals surface area (Å²) in [4.78, 5) is 5.00. The predicted molar refractivity (Wildman–Crippen MR) is 144 cm³/mol. The van der Waals surface area contributed by atoms with Gasteiger partial charge in [-0.1, -0.05) is 90.5 Å². The van der Waals surface area contributed by atoms with E-state index in [4.69, 9.17) is 16.6 Å². The number of rotatable bonds is 5. The van der Waals surface area contributed by atoms with E-state index in [1.165, 1.54) is 0 Å². The van der Waals surface area contributed by atoms with Gasteiger partial charge in [0.25, 0.3) is 0 Å². The van der Waals surface area contributed by atoms with Gasteiger partial charge >= 0.3 is 0 Å². The number of aromatic hydroxyl groups is 1. The van der Waals surface area contributed by atoms with E-state index >= 15 is 0 Å². The SMILES string of the molecule is Oc1ccc2ccccc2c1-c1cccc2nc(-c3ccc(Cl)cc3)c(NCc3ccccc3)n12. The predicted octanol–water partition coefficient (Wildman–Crippen LogP) is 7.79. The van der Waals surface area contributed by atoms with Crippen LogP contribution in [0, 0.1) is 0 Å². The molecule has 4 nitrogen and oxygen atoms in total. The van der Waals surface area contributed by atoms with E-state index in [0.29, 0.717) is 11.6 Å². The van der Waals surface area contributed by atoms with Gasteiger partial charge in [-0.05, 0) is 46.7 Å². The zero-order valence-corrected chi connectivity index (χ0v) is 19.6. The Hall–Kier alpha value is -4.28. The summed E-state index contributed by atoms with van der Waals surface area (Å²) in [7, 11) is 0. The van der Waals surface area contributed by atoms with Crippen molar-refractivity contribution in [2.45, 2.75) is 6.54 Å². The van der Waals surface area contributed by atoms with Gasteiger partial charge in [-0.25, -0.2) is 4.98 Å². The summed E-state index contributed by atoms with van der Waals surface area (Å²) in [5, 5.41) is 17.4. The molecule has 0 aliphatic heterocycles. The molecule has 0 fully saturated rings. The molecule has 0 aliphatic carbocycles. The number of nitrogens with zero attached hydrogens (tertiary/aromatic N) is 2. The fourth-order valence-corrected chi connectivity index (χ4v) is 4.70. The van der Waals surface area contributed by atoms with E-state index in [1.807, 2.05) is 84.9 Å². The molecule has 0 amide bonds. The second-order valence-corrected chi connectivity index (χ2v) is 8.88. The van der Waals surface area contributed by atoms with Crippen LogP contribution in [-0.2, 0) is 6.54 Å². The zero-order valence-electron chi connectivity index (χ0n) is 18.8. The van der Waals surface area contributed by atoms with Gasteiger partial charge in [-0.15, -0.1) is 0 Å². The molecule has 0 radical (unpaired) electrons. The summed E-state index contributed by atoms with van der Waals surface area (Å²) in [5.41, 5.74) is 5.37. The Bertz CT molecular complexity index is 1660. The Morgan fingerprint density at radius 3 is 2.37 bits per heavy atom. The van der Waals surface area contributed by atoms with Crippen molar-refractivity contribution in [3.8, 4) is 28.3 Å². The quantitative estimate of drug-likeness (QED) is 0.267. The number of fused-ring (bicyclic) bond motifs is 2. The summed E-state index contributed by atoms with van der Waals surface area (Å²) in [5.74, 6) is 1.08. The molecule has 35 heavy (non-hydrogen) atoms. The van der Waals surface area contributed by atoms with Gasteiger partial charge in [0.15, 0.2) is 0 Å². The largest absolute Gasteiger partial charge is 0.507 e. The molecule has 6 aromatic rings. The third-order valence-corrected chi connectivity index (χ3v) is 6.48. The molecule has 170 valence electrons. The lowest BCUT2D eigenvalue weighted by atomic mass is 10.0. The van der Waals surface area contributed by atoms with Crippen LogP contribution in [0.1, 0.15) is 5.56 Å². The first kappa shape index (κ1) is 21.3. The van der Waals surface area contributed by atoms with Crippen LogP contribution in [0.25, 0.3) is 38.9 Å². The molecule has 6 rings (SSSR count). The third kappa shape index (κ3) is 3.88. The minimum absolute atomic E-state index is 0.229. The number of benzene rings is 4. The fraction of sp³-hybridized carbons (Fsp3) is 0.0333. The molecule has 0 saturated carbocycles. The third-order valence-electron chi connectivity index (χ3n) is 6.23. The number of phenolic OH excluding ortho intramolecular Hbond substituents is 1. The highest BCUT2D eigenvalue weighted by molar-refractivity contribution is 6.30. The fourth-order valence-electron chi connectivity index (χ4n) is 4.57. The molecular weight excluding hydrogens is 454 g/mol. The Morgan fingerprint density at radius 1 is 0.771 bits per heavy atom. The van der Waals surface area contributed by atoms with Crippen molar-refractivity contribution in [2.75, 3.05) is 5.32 Å². The van der Waals surface area contributed by atoms with Crippen molar-refractivity contribution in [1.29, 1.82) is 0 Å². The number of hydrogen-bond donors (Lipinski definition) is 2. The van der Waals surface area contributed by atoms with E-state index in [2.05, 4.69) is 27.9 Å². The number of pyridine rings is 1. The van der Waals surface area contributed by atoms with Gasteiger partial charge in [-0.2, -0.15) is 0 Å².